The topological polar surface area (TPSA) is 26.0 Å². The molecule has 0 aliphatic carbocycles. The van der Waals surface area contributed by atoms with Crippen molar-refractivity contribution in [2.75, 3.05) is 0 Å². The molecule has 0 saturated carbocycles. The van der Waals surface area contributed by atoms with Crippen LogP contribution in [0.2, 0.25) is 0 Å². The molecule has 0 spiro atoms. The molecule has 0 aliphatic rings. The molecule has 0 heterocycles. The Morgan fingerprint density at radius 2 is 1.79 bits per heavy atom. The van der Waals surface area contributed by atoms with Crippen molar-refractivity contribution in [1.82, 2.24) is 0 Å². The summed E-state index contributed by atoms with van der Waals surface area (Å²) in [6.07, 6.45) is 0. The van der Waals surface area contributed by atoms with Gasteiger partial charge in [-0.1, -0.05) is 26.0 Å². The highest BCUT2D eigenvalue weighted by atomic mass is 35.5. The number of rotatable bonds is 2. The van der Waals surface area contributed by atoms with Gasteiger partial charge in [0.05, 0.1) is 0 Å². The van der Waals surface area contributed by atoms with Crippen LogP contribution in [0.3, 0.4) is 0 Å². The van der Waals surface area contributed by atoms with Gasteiger partial charge in [-0.15, -0.1) is 12.4 Å². The summed E-state index contributed by atoms with van der Waals surface area (Å²) < 4.78 is 25.9. The molecule has 14 heavy (non-hydrogen) atoms. The number of hydrogen-bond acceptors (Lipinski definition) is 1. The van der Waals surface area contributed by atoms with E-state index in [9.17, 15) is 8.78 Å². The van der Waals surface area contributed by atoms with E-state index in [0.717, 1.165) is 6.07 Å². The van der Waals surface area contributed by atoms with Crippen molar-refractivity contribution in [2.24, 2.45) is 11.7 Å². The molecular weight excluding hydrogens is 208 g/mol. The fourth-order valence-corrected chi connectivity index (χ4v) is 1.14. The van der Waals surface area contributed by atoms with Gasteiger partial charge in [0, 0.05) is 11.6 Å². The first-order valence-corrected chi connectivity index (χ1v) is 4.23. The number of halogens is 3. The van der Waals surface area contributed by atoms with Crippen molar-refractivity contribution < 1.29 is 8.78 Å². The van der Waals surface area contributed by atoms with Crippen LogP contribution in [0.4, 0.5) is 8.78 Å². The molecule has 1 rings (SSSR count). The zero-order valence-electron chi connectivity index (χ0n) is 8.13. The average molecular weight is 222 g/mol. The molecule has 0 saturated heterocycles. The maximum atomic E-state index is 13.2. The monoisotopic (exact) mass is 221 g/mol. The van der Waals surface area contributed by atoms with E-state index in [4.69, 9.17) is 5.73 Å². The van der Waals surface area contributed by atoms with Gasteiger partial charge in [0.15, 0.2) is 11.6 Å². The van der Waals surface area contributed by atoms with E-state index in [-0.39, 0.29) is 23.9 Å². The largest absolute Gasteiger partial charge is 0.324 e. The van der Waals surface area contributed by atoms with Crippen LogP contribution in [-0.4, -0.2) is 0 Å². The Morgan fingerprint density at radius 1 is 1.21 bits per heavy atom. The van der Waals surface area contributed by atoms with E-state index in [2.05, 4.69) is 0 Å². The molecule has 1 unspecified atom stereocenters. The van der Waals surface area contributed by atoms with Crippen LogP contribution in [0, 0.1) is 17.6 Å². The number of nitrogens with two attached hydrogens (primary N) is 1. The number of benzene rings is 1. The SMILES string of the molecule is CC(C)C(N)c1cccc(F)c1F.Cl. The summed E-state index contributed by atoms with van der Waals surface area (Å²) in [5, 5.41) is 0. The summed E-state index contributed by atoms with van der Waals surface area (Å²) >= 11 is 0. The predicted molar refractivity (Wildman–Crippen MR) is 55.4 cm³/mol. The van der Waals surface area contributed by atoms with Gasteiger partial charge in [0.2, 0.25) is 0 Å². The van der Waals surface area contributed by atoms with Gasteiger partial charge in [-0.2, -0.15) is 0 Å². The van der Waals surface area contributed by atoms with Gasteiger partial charge in [0.25, 0.3) is 0 Å². The maximum absolute atomic E-state index is 13.2. The van der Waals surface area contributed by atoms with Crippen LogP contribution in [0.25, 0.3) is 0 Å². The van der Waals surface area contributed by atoms with E-state index in [1.54, 1.807) is 0 Å². The Bertz CT molecular complexity index is 302. The summed E-state index contributed by atoms with van der Waals surface area (Å²) in [4.78, 5) is 0. The zero-order valence-corrected chi connectivity index (χ0v) is 8.94. The van der Waals surface area contributed by atoms with E-state index in [1.807, 2.05) is 13.8 Å². The van der Waals surface area contributed by atoms with Crippen LogP contribution in [-0.2, 0) is 0 Å². The lowest BCUT2D eigenvalue weighted by atomic mass is 9.96. The van der Waals surface area contributed by atoms with Crippen molar-refractivity contribution in [3.05, 3.63) is 35.4 Å². The van der Waals surface area contributed by atoms with Gasteiger partial charge in [0.1, 0.15) is 0 Å². The smallest absolute Gasteiger partial charge is 0.163 e. The first-order chi connectivity index (χ1) is 6.04. The Balaban J connectivity index is 0.00000169. The fourth-order valence-electron chi connectivity index (χ4n) is 1.14. The standard InChI is InChI=1S/C10H13F2N.ClH/c1-6(2)10(13)7-4-3-5-8(11)9(7)12;/h3-6,10H,13H2,1-2H3;1H. The van der Waals surface area contributed by atoms with E-state index < -0.39 is 17.7 Å². The molecule has 0 radical (unpaired) electrons. The second-order valence-electron chi connectivity index (χ2n) is 3.41. The van der Waals surface area contributed by atoms with Crippen molar-refractivity contribution in [1.29, 1.82) is 0 Å². The zero-order chi connectivity index (χ0) is 10.0. The van der Waals surface area contributed by atoms with Crippen LogP contribution < -0.4 is 5.73 Å². The van der Waals surface area contributed by atoms with Crippen LogP contribution in [0.5, 0.6) is 0 Å². The average Bonchev–Trinajstić information content (AvgIpc) is 2.08. The molecule has 1 atom stereocenters. The van der Waals surface area contributed by atoms with Crippen molar-refractivity contribution >= 4 is 12.4 Å². The van der Waals surface area contributed by atoms with Crippen molar-refractivity contribution in [2.45, 2.75) is 19.9 Å². The molecule has 4 heteroatoms. The summed E-state index contributed by atoms with van der Waals surface area (Å²) in [6, 6.07) is 3.63. The van der Waals surface area contributed by atoms with Crippen LogP contribution in [0.15, 0.2) is 18.2 Å². The Morgan fingerprint density at radius 3 is 2.29 bits per heavy atom. The Hall–Kier alpha value is -0.670. The normalized spacial score (nSPS) is 12.4. The van der Waals surface area contributed by atoms with Gasteiger partial charge < -0.3 is 5.73 Å². The first-order valence-electron chi connectivity index (χ1n) is 4.23. The molecule has 0 fully saturated rings. The van der Waals surface area contributed by atoms with Gasteiger partial charge in [-0.25, -0.2) is 8.78 Å². The maximum Gasteiger partial charge on any atom is 0.163 e. The van der Waals surface area contributed by atoms with E-state index in [1.165, 1.54) is 12.1 Å². The van der Waals surface area contributed by atoms with Gasteiger partial charge in [-0.05, 0) is 12.0 Å². The molecule has 0 amide bonds. The van der Waals surface area contributed by atoms with E-state index >= 15 is 0 Å². The van der Waals surface area contributed by atoms with Crippen LogP contribution >= 0.6 is 12.4 Å². The lowest BCUT2D eigenvalue weighted by Crippen LogP contribution is -2.18. The van der Waals surface area contributed by atoms with Gasteiger partial charge >= 0.3 is 0 Å². The Labute approximate surface area is 88.7 Å². The highest BCUT2D eigenvalue weighted by molar-refractivity contribution is 5.85. The van der Waals surface area contributed by atoms with Crippen LogP contribution in [0.1, 0.15) is 25.5 Å². The third-order valence-corrected chi connectivity index (χ3v) is 2.06. The third-order valence-electron chi connectivity index (χ3n) is 2.06. The lowest BCUT2D eigenvalue weighted by Gasteiger charge is -2.16. The second-order valence-corrected chi connectivity index (χ2v) is 3.41. The fraction of sp³-hybridized carbons (Fsp3) is 0.400. The molecule has 1 aromatic rings. The highest BCUT2D eigenvalue weighted by Crippen LogP contribution is 2.22. The third kappa shape index (κ3) is 2.66. The lowest BCUT2D eigenvalue weighted by molar-refractivity contribution is 0.452. The minimum absolute atomic E-state index is 0. The summed E-state index contributed by atoms with van der Waals surface area (Å²) in [5.74, 6) is -1.58. The summed E-state index contributed by atoms with van der Waals surface area (Å²) in [7, 11) is 0. The highest BCUT2D eigenvalue weighted by Gasteiger charge is 2.16. The molecule has 0 bridgehead atoms. The van der Waals surface area contributed by atoms with Crippen molar-refractivity contribution in [3.8, 4) is 0 Å². The minimum Gasteiger partial charge on any atom is -0.324 e. The quantitative estimate of drug-likeness (QED) is 0.816. The predicted octanol–water partition coefficient (Wildman–Crippen LogP) is 3.04. The molecule has 0 aromatic heterocycles. The second kappa shape index (κ2) is 5.27. The minimum atomic E-state index is -0.839. The molecule has 80 valence electrons. The molecule has 0 aliphatic heterocycles. The molecule has 1 nitrogen and oxygen atoms in total. The molecule has 1 aromatic carbocycles. The van der Waals surface area contributed by atoms with Gasteiger partial charge in [-0.3, -0.25) is 0 Å². The summed E-state index contributed by atoms with van der Waals surface area (Å²) in [5.41, 5.74) is 5.95. The molecule has 2 N–H and O–H groups in total. The first kappa shape index (κ1) is 13.3. The number of hydrogen-bond donors (Lipinski definition) is 1. The van der Waals surface area contributed by atoms with Crippen molar-refractivity contribution in [3.63, 3.8) is 0 Å². The summed E-state index contributed by atoms with van der Waals surface area (Å²) in [6.45, 7) is 3.74. The van der Waals surface area contributed by atoms with E-state index in [0.29, 0.717) is 0 Å². The molecular formula is C10H14ClF2N. The Kier molecular flexibility index (Phi) is 5.02.